The van der Waals surface area contributed by atoms with Crippen LogP contribution in [0.5, 0.6) is 0 Å². The number of nitrogens with zero attached hydrogens (tertiary/aromatic N) is 3. The Morgan fingerprint density at radius 2 is 2.08 bits per heavy atom. The Kier molecular flexibility index (Phi) is 4.36. The molecule has 3 aromatic rings. The lowest BCUT2D eigenvalue weighted by Crippen LogP contribution is -2.15. The van der Waals surface area contributed by atoms with Gasteiger partial charge in [0.2, 0.25) is 11.8 Å². The highest BCUT2D eigenvalue weighted by atomic mass is 16.5. The number of aromatic nitrogens is 3. The first-order valence-electron chi connectivity index (χ1n) is 8.72. The van der Waals surface area contributed by atoms with E-state index in [1.165, 1.54) is 0 Å². The molecule has 0 bridgehead atoms. The number of rotatable bonds is 4. The van der Waals surface area contributed by atoms with E-state index in [1.807, 2.05) is 25.1 Å². The molecule has 0 aliphatic carbocycles. The minimum absolute atomic E-state index is 0.223. The second kappa shape index (κ2) is 6.80. The molecule has 0 radical (unpaired) electrons. The molecule has 0 amide bonds. The molecule has 25 heavy (non-hydrogen) atoms. The predicted molar refractivity (Wildman–Crippen MR) is 95.6 cm³/mol. The topological polar surface area (TPSA) is 73.1 Å². The van der Waals surface area contributed by atoms with Crippen LogP contribution in [0.25, 0.3) is 10.9 Å². The number of fused-ring (bicyclic) bond motifs is 1. The molecule has 1 atom stereocenters. The maximum Gasteiger partial charge on any atom is 0.235 e. The molecule has 1 saturated heterocycles. The number of ether oxygens (including phenoxy) is 1. The number of hydrogen-bond donors (Lipinski definition) is 1. The first-order valence-corrected chi connectivity index (χ1v) is 8.72. The van der Waals surface area contributed by atoms with Gasteiger partial charge < -0.3 is 14.5 Å². The Hall–Kier alpha value is -2.47. The van der Waals surface area contributed by atoms with E-state index in [9.17, 15) is 0 Å². The molecule has 0 saturated carbocycles. The van der Waals surface area contributed by atoms with E-state index in [4.69, 9.17) is 9.15 Å². The van der Waals surface area contributed by atoms with Crippen molar-refractivity contribution in [1.82, 2.24) is 15.2 Å². The minimum atomic E-state index is 0.223. The maximum absolute atomic E-state index is 5.85. The molecule has 1 aliphatic rings. The second-order valence-corrected chi connectivity index (χ2v) is 6.52. The van der Waals surface area contributed by atoms with E-state index < -0.39 is 0 Å². The van der Waals surface area contributed by atoms with Gasteiger partial charge in [-0.3, -0.25) is 4.98 Å². The Morgan fingerprint density at radius 3 is 2.92 bits per heavy atom. The largest absolute Gasteiger partial charge is 0.423 e. The molecule has 1 aromatic carbocycles. The lowest BCUT2D eigenvalue weighted by Gasteiger charge is -2.18. The highest BCUT2D eigenvalue weighted by Crippen LogP contribution is 2.28. The first kappa shape index (κ1) is 16.0. The molecule has 1 N–H and O–H groups in total. The smallest absolute Gasteiger partial charge is 0.235 e. The van der Waals surface area contributed by atoms with Crippen LogP contribution in [0.15, 0.2) is 28.7 Å². The van der Waals surface area contributed by atoms with Crippen molar-refractivity contribution in [3.8, 4) is 0 Å². The van der Waals surface area contributed by atoms with Crippen molar-refractivity contribution < 1.29 is 9.15 Å². The van der Waals surface area contributed by atoms with Crippen molar-refractivity contribution in [2.24, 2.45) is 0 Å². The fourth-order valence-electron chi connectivity index (χ4n) is 3.26. The van der Waals surface area contributed by atoms with Crippen LogP contribution < -0.4 is 5.32 Å². The molecule has 6 nitrogen and oxygen atoms in total. The van der Waals surface area contributed by atoms with Gasteiger partial charge in [0.25, 0.3) is 0 Å². The van der Waals surface area contributed by atoms with Crippen LogP contribution in [-0.2, 0) is 11.3 Å². The van der Waals surface area contributed by atoms with E-state index in [2.05, 4.69) is 33.5 Å². The predicted octanol–water partition coefficient (Wildman–Crippen LogP) is 3.74. The van der Waals surface area contributed by atoms with Crippen LogP contribution in [0.3, 0.4) is 0 Å². The van der Waals surface area contributed by atoms with Crippen LogP contribution in [0, 0.1) is 13.8 Å². The van der Waals surface area contributed by atoms with Crippen LogP contribution in [0.4, 0.5) is 5.69 Å². The van der Waals surface area contributed by atoms with Crippen LogP contribution in [0.2, 0.25) is 0 Å². The number of anilines is 1. The van der Waals surface area contributed by atoms with Gasteiger partial charge in [0, 0.05) is 23.4 Å². The summed E-state index contributed by atoms with van der Waals surface area (Å²) in [6, 6.07) is 8.14. The highest BCUT2D eigenvalue weighted by molar-refractivity contribution is 5.93. The Bertz CT molecular complexity index is 884. The molecule has 3 heterocycles. The van der Waals surface area contributed by atoms with Gasteiger partial charge in [0.1, 0.15) is 0 Å². The van der Waals surface area contributed by atoms with Gasteiger partial charge in [0.05, 0.1) is 24.6 Å². The molecular formula is C19H22N4O2. The van der Waals surface area contributed by atoms with Crippen LogP contribution >= 0.6 is 0 Å². The van der Waals surface area contributed by atoms with Crippen molar-refractivity contribution in [2.45, 2.75) is 39.2 Å². The molecule has 1 unspecified atom stereocenters. The number of aryl methyl sites for hydroxylation is 1. The van der Waals surface area contributed by atoms with E-state index in [-0.39, 0.29) is 5.92 Å². The summed E-state index contributed by atoms with van der Waals surface area (Å²) in [6.07, 6.45) is 2.09. The summed E-state index contributed by atoms with van der Waals surface area (Å²) in [5.74, 6) is 1.50. The lowest BCUT2D eigenvalue weighted by molar-refractivity contribution is 0.0722. The van der Waals surface area contributed by atoms with Crippen molar-refractivity contribution >= 4 is 16.6 Å². The Balaban J connectivity index is 1.55. The standard InChI is InChI=1S/C19H22N4O2/c1-12-13(2)21-16-8-4-3-7-15(16)18(12)20-10-17-22-23-19(25-17)14-6-5-9-24-11-14/h3-4,7-8,14H,5-6,9-11H2,1-2H3,(H,20,21). The monoisotopic (exact) mass is 338 g/mol. The summed E-state index contributed by atoms with van der Waals surface area (Å²) in [5, 5.41) is 13.0. The minimum Gasteiger partial charge on any atom is -0.423 e. The van der Waals surface area contributed by atoms with Gasteiger partial charge in [-0.2, -0.15) is 0 Å². The zero-order valence-electron chi connectivity index (χ0n) is 14.6. The van der Waals surface area contributed by atoms with Gasteiger partial charge in [-0.25, -0.2) is 0 Å². The SMILES string of the molecule is Cc1nc2ccccc2c(NCc2nnc(C3CCCOC3)o2)c1C. The number of benzene rings is 1. The third-order valence-corrected chi connectivity index (χ3v) is 4.79. The van der Waals surface area contributed by atoms with Gasteiger partial charge in [-0.05, 0) is 38.3 Å². The third kappa shape index (κ3) is 3.22. The molecule has 0 spiro atoms. The van der Waals surface area contributed by atoms with Crippen LogP contribution in [0.1, 0.15) is 41.8 Å². The fraction of sp³-hybridized carbons (Fsp3) is 0.421. The molecule has 1 fully saturated rings. The van der Waals surface area contributed by atoms with Crippen molar-refractivity contribution in [3.63, 3.8) is 0 Å². The Labute approximate surface area is 146 Å². The summed E-state index contributed by atoms with van der Waals surface area (Å²) < 4.78 is 11.3. The summed E-state index contributed by atoms with van der Waals surface area (Å²) in [5.41, 5.74) is 4.22. The lowest BCUT2D eigenvalue weighted by atomic mass is 10.0. The fourth-order valence-corrected chi connectivity index (χ4v) is 3.26. The molecular weight excluding hydrogens is 316 g/mol. The van der Waals surface area contributed by atoms with Gasteiger partial charge in [0.15, 0.2) is 0 Å². The summed E-state index contributed by atoms with van der Waals surface area (Å²) in [4.78, 5) is 4.65. The molecule has 6 heteroatoms. The average molecular weight is 338 g/mol. The van der Waals surface area contributed by atoms with E-state index in [0.717, 1.165) is 47.3 Å². The van der Waals surface area contributed by atoms with Crippen molar-refractivity contribution in [3.05, 3.63) is 47.3 Å². The quantitative estimate of drug-likeness (QED) is 0.781. The van der Waals surface area contributed by atoms with Gasteiger partial charge in [-0.15, -0.1) is 10.2 Å². The number of pyridine rings is 1. The summed E-state index contributed by atoms with van der Waals surface area (Å²) >= 11 is 0. The van der Waals surface area contributed by atoms with E-state index in [0.29, 0.717) is 24.9 Å². The third-order valence-electron chi connectivity index (χ3n) is 4.79. The molecule has 130 valence electrons. The van der Waals surface area contributed by atoms with E-state index in [1.54, 1.807) is 0 Å². The zero-order valence-corrected chi connectivity index (χ0v) is 14.6. The van der Waals surface area contributed by atoms with Crippen molar-refractivity contribution in [2.75, 3.05) is 18.5 Å². The van der Waals surface area contributed by atoms with E-state index >= 15 is 0 Å². The molecule has 1 aliphatic heterocycles. The molecule has 2 aromatic heterocycles. The second-order valence-electron chi connectivity index (χ2n) is 6.52. The molecule has 4 rings (SSSR count). The summed E-state index contributed by atoms with van der Waals surface area (Å²) in [6.45, 7) is 6.10. The zero-order chi connectivity index (χ0) is 17.2. The average Bonchev–Trinajstić information content (AvgIpc) is 3.12. The first-order chi connectivity index (χ1) is 12.2. The number of para-hydroxylation sites is 1. The maximum atomic E-state index is 5.85. The Morgan fingerprint density at radius 1 is 1.20 bits per heavy atom. The number of hydrogen-bond acceptors (Lipinski definition) is 6. The summed E-state index contributed by atoms with van der Waals surface area (Å²) in [7, 11) is 0. The van der Waals surface area contributed by atoms with Crippen molar-refractivity contribution in [1.29, 1.82) is 0 Å². The van der Waals surface area contributed by atoms with Gasteiger partial charge in [-0.1, -0.05) is 18.2 Å². The highest BCUT2D eigenvalue weighted by Gasteiger charge is 2.22. The van der Waals surface area contributed by atoms with Gasteiger partial charge >= 0.3 is 0 Å². The number of nitrogens with one attached hydrogen (secondary N) is 1. The van der Waals surface area contributed by atoms with Crippen LogP contribution in [-0.4, -0.2) is 28.4 Å². The normalized spacial score (nSPS) is 17.8.